The molecule has 1 atom stereocenters. The molecule has 1 nitrogen and oxygen atoms in total. The van der Waals surface area contributed by atoms with Crippen molar-refractivity contribution in [2.24, 2.45) is 10.8 Å². The Morgan fingerprint density at radius 2 is 1.20 bits per heavy atom. The maximum Gasteiger partial charge on any atom is 0.417 e. The van der Waals surface area contributed by atoms with Crippen LogP contribution in [0.15, 0.2) is 0 Å². The van der Waals surface area contributed by atoms with Crippen LogP contribution in [-0.2, 0) is 0 Å². The van der Waals surface area contributed by atoms with Crippen molar-refractivity contribution in [1.82, 2.24) is 0 Å². The minimum Gasteiger partial charge on any atom is -0.380 e. The molecule has 0 fully saturated rings. The third-order valence-electron chi connectivity index (χ3n) is 2.50. The monoisotopic (exact) mass is 226 g/mol. The van der Waals surface area contributed by atoms with Crippen LogP contribution in [0, 0.1) is 10.8 Å². The van der Waals surface area contributed by atoms with Crippen molar-refractivity contribution < 1.29 is 18.3 Å². The highest BCUT2D eigenvalue weighted by molar-refractivity contribution is 4.99. The fourth-order valence-electron chi connectivity index (χ4n) is 1.56. The quantitative estimate of drug-likeness (QED) is 0.721. The van der Waals surface area contributed by atoms with Gasteiger partial charge in [0.15, 0.2) is 5.60 Å². The molecule has 4 heteroatoms. The van der Waals surface area contributed by atoms with E-state index < -0.39 is 22.6 Å². The van der Waals surface area contributed by atoms with Gasteiger partial charge in [-0.25, -0.2) is 0 Å². The van der Waals surface area contributed by atoms with E-state index in [2.05, 4.69) is 0 Å². The first-order valence-electron chi connectivity index (χ1n) is 5.00. The molecule has 0 aromatic rings. The number of halogens is 3. The smallest absolute Gasteiger partial charge is 0.380 e. The normalized spacial score (nSPS) is 18.8. The van der Waals surface area contributed by atoms with Crippen molar-refractivity contribution >= 4 is 0 Å². The molecule has 0 saturated heterocycles. The van der Waals surface area contributed by atoms with Crippen LogP contribution in [0.2, 0.25) is 0 Å². The minimum atomic E-state index is -4.60. The lowest BCUT2D eigenvalue weighted by Gasteiger charge is -2.44. The lowest BCUT2D eigenvalue weighted by atomic mass is 9.68. The van der Waals surface area contributed by atoms with Gasteiger partial charge in [0.1, 0.15) is 0 Å². The van der Waals surface area contributed by atoms with Gasteiger partial charge in [-0.15, -0.1) is 0 Å². The molecule has 15 heavy (non-hydrogen) atoms. The predicted octanol–water partition coefficient (Wildman–Crippen LogP) is 3.76. The van der Waals surface area contributed by atoms with Crippen molar-refractivity contribution in [3.8, 4) is 0 Å². The first kappa shape index (κ1) is 14.8. The standard InChI is InChI=1S/C11H21F3O/c1-8(2,3)7-10(15,9(4,5)6)11(12,13)14/h15H,7H2,1-6H3. The van der Waals surface area contributed by atoms with Gasteiger partial charge >= 0.3 is 6.18 Å². The molecule has 0 amide bonds. The molecule has 1 unspecified atom stereocenters. The Labute approximate surface area is 89.7 Å². The van der Waals surface area contributed by atoms with E-state index in [9.17, 15) is 18.3 Å². The SMILES string of the molecule is CC(C)(C)CC(O)(C(C)(C)C)C(F)(F)F. The molecule has 0 aromatic carbocycles. The van der Waals surface area contributed by atoms with Crippen molar-refractivity contribution in [2.45, 2.75) is 59.7 Å². The number of aliphatic hydroxyl groups is 1. The summed E-state index contributed by atoms with van der Waals surface area (Å²) in [5.74, 6) is 0. The van der Waals surface area contributed by atoms with E-state index in [1.165, 1.54) is 20.8 Å². The fraction of sp³-hybridized carbons (Fsp3) is 1.00. The number of rotatable bonds is 1. The maximum atomic E-state index is 12.9. The van der Waals surface area contributed by atoms with Gasteiger partial charge < -0.3 is 5.11 Å². The van der Waals surface area contributed by atoms with Gasteiger partial charge in [0.25, 0.3) is 0 Å². The second-order valence-electron chi connectivity index (χ2n) is 6.35. The number of hydrogen-bond acceptors (Lipinski definition) is 1. The molecule has 92 valence electrons. The Morgan fingerprint density at radius 3 is 1.27 bits per heavy atom. The van der Waals surface area contributed by atoms with E-state index in [0.717, 1.165) is 0 Å². The Bertz CT molecular complexity index is 203. The van der Waals surface area contributed by atoms with Crippen LogP contribution in [0.5, 0.6) is 0 Å². The largest absolute Gasteiger partial charge is 0.417 e. The Kier molecular flexibility index (Phi) is 3.59. The van der Waals surface area contributed by atoms with E-state index in [4.69, 9.17) is 0 Å². The summed E-state index contributed by atoms with van der Waals surface area (Å²) in [5.41, 5.74) is -4.44. The van der Waals surface area contributed by atoms with E-state index in [1.54, 1.807) is 20.8 Å². The van der Waals surface area contributed by atoms with Crippen molar-refractivity contribution in [1.29, 1.82) is 0 Å². The zero-order chi connectivity index (χ0) is 12.7. The van der Waals surface area contributed by atoms with E-state index in [-0.39, 0.29) is 6.42 Å². The molecule has 0 heterocycles. The fourth-order valence-corrected chi connectivity index (χ4v) is 1.56. The second-order valence-corrected chi connectivity index (χ2v) is 6.35. The number of hydrogen-bond donors (Lipinski definition) is 1. The maximum absolute atomic E-state index is 12.9. The van der Waals surface area contributed by atoms with Gasteiger partial charge in [-0.05, 0) is 17.3 Å². The van der Waals surface area contributed by atoms with Crippen LogP contribution in [0.1, 0.15) is 48.0 Å². The molecular formula is C11H21F3O. The van der Waals surface area contributed by atoms with Crippen LogP contribution in [0.4, 0.5) is 13.2 Å². The van der Waals surface area contributed by atoms with Gasteiger partial charge in [-0.1, -0.05) is 41.5 Å². The van der Waals surface area contributed by atoms with E-state index in [1.807, 2.05) is 0 Å². The first-order valence-corrected chi connectivity index (χ1v) is 5.00. The van der Waals surface area contributed by atoms with Crippen LogP contribution in [0.25, 0.3) is 0 Å². The highest BCUT2D eigenvalue weighted by atomic mass is 19.4. The highest BCUT2D eigenvalue weighted by Gasteiger charge is 2.61. The molecular weight excluding hydrogens is 205 g/mol. The van der Waals surface area contributed by atoms with Gasteiger partial charge in [0.05, 0.1) is 0 Å². The summed E-state index contributed by atoms with van der Waals surface area (Å²) in [6.07, 6.45) is -4.90. The van der Waals surface area contributed by atoms with Crippen LogP contribution in [-0.4, -0.2) is 16.9 Å². The summed E-state index contributed by atoms with van der Waals surface area (Å²) in [4.78, 5) is 0. The summed E-state index contributed by atoms with van der Waals surface area (Å²) in [6, 6.07) is 0. The molecule has 0 aliphatic rings. The summed E-state index contributed by atoms with van der Waals surface area (Å²) in [6.45, 7) is 9.30. The Morgan fingerprint density at radius 1 is 0.867 bits per heavy atom. The van der Waals surface area contributed by atoms with Crippen molar-refractivity contribution in [3.63, 3.8) is 0 Å². The third-order valence-corrected chi connectivity index (χ3v) is 2.50. The summed E-state index contributed by atoms with van der Waals surface area (Å²) in [5, 5.41) is 9.89. The highest BCUT2D eigenvalue weighted by Crippen LogP contribution is 2.49. The second kappa shape index (κ2) is 3.65. The van der Waals surface area contributed by atoms with Gasteiger partial charge in [0, 0.05) is 0 Å². The van der Waals surface area contributed by atoms with Gasteiger partial charge in [-0.2, -0.15) is 13.2 Å². The summed E-state index contributed by atoms with van der Waals surface area (Å²) >= 11 is 0. The Hall–Kier alpha value is -0.250. The molecule has 0 aliphatic heterocycles. The van der Waals surface area contributed by atoms with Crippen molar-refractivity contribution in [2.75, 3.05) is 0 Å². The average molecular weight is 226 g/mol. The van der Waals surface area contributed by atoms with Crippen LogP contribution in [0.3, 0.4) is 0 Å². The average Bonchev–Trinajstić information content (AvgIpc) is 1.77. The molecule has 0 rings (SSSR count). The van der Waals surface area contributed by atoms with Crippen molar-refractivity contribution in [3.05, 3.63) is 0 Å². The minimum absolute atomic E-state index is 0.299. The molecule has 0 aliphatic carbocycles. The summed E-state index contributed by atoms with van der Waals surface area (Å²) in [7, 11) is 0. The zero-order valence-corrected chi connectivity index (χ0v) is 10.3. The van der Waals surface area contributed by atoms with Crippen LogP contribution >= 0.6 is 0 Å². The number of alkyl halides is 3. The molecule has 0 aromatic heterocycles. The molecule has 0 radical (unpaired) electrons. The lowest BCUT2D eigenvalue weighted by Crippen LogP contribution is -2.56. The Balaban J connectivity index is 5.26. The molecule has 0 saturated carbocycles. The molecule has 0 bridgehead atoms. The van der Waals surface area contributed by atoms with Gasteiger partial charge in [-0.3, -0.25) is 0 Å². The van der Waals surface area contributed by atoms with Crippen LogP contribution < -0.4 is 0 Å². The lowest BCUT2D eigenvalue weighted by molar-refractivity contribution is -0.303. The molecule has 1 N–H and O–H groups in total. The predicted molar refractivity (Wildman–Crippen MR) is 54.5 cm³/mol. The summed E-state index contributed by atoms with van der Waals surface area (Å²) < 4.78 is 38.6. The van der Waals surface area contributed by atoms with E-state index >= 15 is 0 Å². The topological polar surface area (TPSA) is 20.2 Å². The third kappa shape index (κ3) is 3.37. The zero-order valence-electron chi connectivity index (χ0n) is 10.3. The first-order chi connectivity index (χ1) is 6.21. The molecule has 0 spiro atoms. The van der Waals surface area contributed by atoms with Gasteiger partial charge in [0.2, 0.25) is 0 Å². The van der Waals surface area contributed by atoms with E-state index in [0.29, 0.717) is 0 Å².